The minimum absolute atomic E-state index is 0.0260. The summed E-state index contributed by atoms with van der Waals surface area (Å²) in [4.78, 5) is 16.8. The standard InChI is InChI=1S/C23H16F3N5O2S/c1-12-9-14(13(2)30(12)16-6-3-5-15(11-16)23(24,25)26)10-17-19(27)31-22(28-20(17)32)34-21(29-31)18-7-4-8-33-18/h3-11,27H,1-2H3. The van der Waals surface area contributed by atoms with Crippen molar-refractivity contribution in [3.63, 3.8) is 0 Å². The number of hydrogen-bond acceptors (Lipinski definition) is 5. The van der Waals surface area contributed by atoms with Crippen LogP contribution in [0.15, 0.2) is 68.8 Å². The number of aromatic nitrogens is 1. The fourth-order valence-electron chi connectivity index (χ4n) is 3.80. The van der Waals surface area contributed by atoms with Crippen LogP contribution >= 0.6 is 11.8 Å². The second-order valence-electron chi connectivity index (χ2n) is 7.61. The van der Waals surface area contributed by atoms with Crippen molar-refractivity contribution >= 4 is 39.8 Å². The van der Waals surface area contributed by atoms with Crippen molar-refractivity contribution in [2.75, 3.05) is 0 Å². The zero-order valence-electron chi connectivity index (χ0n) is 17.8. The third-order valence-corrected chi connectivity index (χ3v) is 6.31. The molecular formula is C23H16F3N5O2S. The van der Waals surface area contributed by atoms with Gasteiger partial charge in [-0.05, 0) is 73.6 Å². The van der Waals surface area contributed by atoms with Gasteiger partial charge in [-0.1, -0.05) is 6.07 Å². The molecule has 0 bridgehead atoms. The molecule has 2 aromatic heterocycles. The summed E-state index contributed by atoms with van der Waals surface area (Å²) in [5, 5.41) is 14.9. The monoisotopic (exact) mass is 483 g/mol. The van der Waals surface area contributed by atoms with Crippen molar-refractivity contribution in [2.24, 2.45) is 10.1 Å². The quantitative estimate of drug-likeness (QED) is 0.507. The SMILES string of the molecule is Cc1cc(C=C2C(=N)N3N=C(c4ccco4)SC3=NC2=O)c(C)n1-c1cccc(C(F)(F)F)c1. The van der Waals surface area contributed by atoms with Crippen LogP contribution in [0.4, 0.5) is 13.2 Å². The van der Waals surface area contributed by atoms with Gasteiger partial charge >= 0.3 is 6.18 Å². The van der Waals surface area contributed by atoms with Crippen molar-refractivity contribution in [3.05, 3.63) is 82.6 Å². The zero-order chi connectivity index (χ0) is 24.2. The van der Waals surface area contributed by atoms with Gasteiger partial charge < -0.3 is 8.98 Å². The summed E-state index contributed by atoms with van der Waals surface area (Å²) in [6, 6.07) is 10.2. The van der Waals surface area contributed by atoms with Gasteiger partial charge in [0.05, 0.1) is 17.4 Å². The largest absolute Gasteiger partial charge is 0.462 e. The highest BCUT2D eigenvalue weighted by molar-refractivity contribution is 8.27. The molecule has 34 heavy (non-hydrogen) atoms. The normalized spacial score (nSPS) is 17.3. The molecule has 0 unspecified atom stereocenters. The van der Waals surface area contributed by atoms with Crippen LogP contribution in [-0.2, 0) is 11.0 Å². The molecule has 0 saturated carbocycles. The number of aliphatic imine (C=N–C) groups is 1. The van der Waals surface area contributed by atoms with Gasteiger partial charge in [-0.25, -0.2) is 0 Å². The summed E-state index contributed by atoms with van der Waals surface area (Å²) >= 11 is 1.13. The number of carbonyl (C=O) groups is 1. The zero-order valence-corrected chi connectivity index (χ0v) is 18.7. The number of nitrogens with one attached hydrogen (secondary N) is 1. The van der Waals surface area contributed by atoms with E-state index in [9.17, 15) is 18.0 Å². The van der Waals surface area contributed by atoms with E-state index in [1.54, 1.807) is 42.7 Å². The third kappa shape index (κ3) is 3.67. The molecule has 4 heterocycles. The Morgan fingerprint density at radius 1 is 1.15 bits per heavy atom. The smallest absolute Gasteiger partial charge is 0.416 e. The number of rotatable bonds is 3. The number of nitrogens with zero attached hydrogens (tertiary/aromatic N) is 4. The van der Waals surface area contributed by atoms with Crippen LogP contribution in [0, 0.1) is 19.3 Å². The van der Waals surface area contributed by atoms with E-state index in [0.29, 0.717) is 33.4 Å². The first-order valence-electron chi connectivity index (χ1n) is 10.0. The molecule has 11 heteroatoms. The van der Waals surface area contributed by atoms with Crippen molar-refractivity contribution in [1.82, 2.24) is 9.58 Å². The Hall–Kier alpha value is -3.86. The summed E-state index contributed by atoms with van der Waals surface area (Å²) in [6.07, 6.45) is -1.44. The average molecular weight is 483 g/mol. The first-order valence-corrected chi connectivity index (χ1v) is 10.9. The lowest BCUT2D eigenvalue weighted by atomic mass is 10.1. The lowest BCUT2D eigenvalue weighted by Crippen LogP contribution is -2.35. The number of aryl methyl sites for hydroxylation is 1. The summed E-state index contributed by atoms with van der Waals surface area (Å²) < 4.78 is 46.6. The van der Waals surface area contributed by atoms with Crippen LogP contribution in [0.3, 0.4) is 0 Å². The molecule has 1 aromatic carbocycles. The summed E-state index contributed by atoms with van der Waals surface area (Å²) in [5.41, 5.74) is 1.51. The molecule has 7 nitrogen and oxygen atoms in total. The van der Waals surface area contributed by atoms with Gasteiger partial charge in [-0.2, -0.15) is 28.3 Å². The molecule has 0 radical (unpaired) electrons. The molecule has 3 aromatic rings. The van der Waals surface area contributed by atoms with E-state index >= 15 is 0 Å². The average Bonchev–Trinajstić information content (AvgIpc) is 3.50. The maximum absolute atomic E-state index is 13.2. The second-order valence-corrected chi connectivity index (χ2v) is 8.57. The topological polar surface area (TPSA) is 87.0 Å². The van der Waals surface area contributed by atoms with Crippen molar-refractivity contribution in [1.29, 1.82) is 5.41 Å². The Balaban J connectivity index is 1.52. The van der Waals surface area contributed by atoms with Gasteiger partial charge in [-0.15, -0.1) is 0 Å². The van der Waals surface area contributed by atoms with Gasteiger partial charge in [0.1, 0.15) is 0 Å². The molecule has 0 spiro atoms. The number of thioether (sulfide) groups is 1. The van der Waals surface area contributed by atoms with Gasteiger partial charge in [-0.3, -0.25) is 10.2 Å². The molecular weight excluding hydrogens is 467 g/mol. The summed E-state index contributed by atoms with van der Waals surface area (Å²) in [5.74, 6) is -0.242. The van der Waals surface area contributed by atoms with Crippen LogP contribution in [-0.4, -0.2) is 31.5 Å². The van der Waals surface area contributed by atoms with E-state index in [2.05, 4.69) is 10.1 Å². The second kappa shape index (κ2) is 7.87. The number of hydrazone groups is 1. The van der Waals surface area contributed by atoms with Gasteiger partial charge in [0.2, 0.25) is 5.17 Å². The first-order chi connectivity index (χ1) is 16.1. The highest BCUT2D eigenvalue weighted by Crippen LogP contribution is 2.33. The molecule has 0 saturated heterocycles. The molecule has 172 valence electrons. The minimum Gasteiger partial charge on any atom is -0.462 e. The molecule has 2 aliphatic heterocycles. The van der Waals surface area contributed by atoms with Gasteiger partial charge in [0.15, 0.2) is 16.6 Å². The van der Waals surface area contributed by atoms with Crippen molar-refractivity contribution in [3.8, 4) is 5.69 Å². The van der Waals surface area contributed by atoms with Crippen molar-refractivity contribution < 1.29 is 22.4 Å². The van der Waals surface area contributed by atoms with Gasteiger partial charge in [0, 0.05) is 17.1 Å². The predicted molar refractivity (Wildman–Crippen MR) is 123 cm³/mol. The number of alkyl halides is 3. The van der Waals surface area contributed by atoms with Crippen LogP contribution in [0.1, 0.15) is 28.3 Å². The molecule has 0 atom stereocenters. The summed E-state index contributed by atoms with van der Waals surface area (Å²) in [6.45, 7) is 3.50. The number of furan rings is 1. The predicted octanol–water partition coefficient (Wildman–Crippen LogP) is 5.37. The van der Waals surface area contributed by atoms with Gasteiger partial charge in [0.25, 0.3) is 5.91 Å². The van der Waals surface area contributed by atoms with Crippen molar-refractivity contribution in [2.45, 2.75) is 20.0 Å². The number of amides is 1. The van der Waals surface area contributed by atoms with E-state index in [1.807, 2.05) is 0 Å². The molecule has 5 rings (SSSR count). The maximum atomic E-state index is 13.2. The minimum atomic E-state index is -4.46. The number of hydrogen-bond donors (Lipinski definition) is 1. The van der Waals surface area contributed by atoms with E-state index in [4.69, 9.17) is 9.83 Å². The molecule has 1 N–H and O–H groups in total. The Kier molecular flexibility index (Phi) is 5.08. The Bertz CT molecular complexity index is 1430. The Morgan fingerprint density at radius 3 is 2.65 bits per heavy atom. The first kappa shape index (κ1) is 22.0. The molecule has 2 aliphatic rings. The Labute approximate surface area is 195 Å². The van der Waals surface area contributed by atoms with Crippen LogP contribution < -0.4 is 0 Å². The highest BCUT2D eigenvalue weighted by Gasteiger charge is 2.37. The fraction of sp³-hybridized carbons (Fsp3) is 0.130. The third-order valence-electron chi connectivity index (χ3n) is 5.39. The fourth-order valence-corrected chi connectivity index (χ4v) is 4.66. The van der Waals surface area contributed by atoms with E-state index in [0.717, 1.165) is 23.9 Å². The molecule has 0 fully saturated rings. The number of amidine groups is 2. The Morgan fingerprint density at radius 2 is 1.94 bits per heavy atom. The molecule has 1 amide bonds. The summed E-state index contributed by atoms with van der Waals surface area (Å²) in [7, 11) is 0. The number of fused-ring (bicyclic) bond motifs is 1. The number of halogens is 3. The molecule has 0 aliphatic carbocycles. The highest BCUT2D eigenvalue weighted by atomic mass is 32.2. The van der Waals surface area contributed by atoms with E-state index in [-0.39, 0.29) is 16.6 Å². The number of carbonyl (C=O) groups excluding carboxylic acids is 1. The lowest BCUT2D eigenvalue weighted by Gasteiger charge is -2.20. The maximum Gasteiger partial charge on any atom is 0.416 e. The van der Waals surface area contributed by atoms with Crippen LogP contribution in [0.5, 0.6) is 0 Å². The van der Waals surface area contributed by atoms with Crippen LogP contribution in [0.2, 0.25) is 0 Å². The van der Waals surface area contributed by atoms with Crippen LogP contribution in [0.25, 0.3) is 11.8 Å². The lowest BCUT2D eigenvalue weighted by molar-refractivity contribution is -0.137. The van der Waals surface area contributed by atoms with E-state index < -0.39 is 17.6 Å². The van der Waals surface area contributed by atoms with E-state index in [1.165, 1.54) is 23.4 Å². The number of benzene rings is 1.